The fourth-order valence-electron chi connectivity index (χ4n) is 2.93. The summed E-state index contributed by atoms with van der Waals surface area (Å²) in [5, 5.41) is 2.96. The van der Waals surface area contributed by atoms with Crippen LogP contribution in [0, 0.1) is 5.82 Å². The third kappa shape index (κ3) is 5.50. The summed E-state index contributed by atoms with van der Waals surface area (Å²) in [6, 6.07) is 6.13. The lowest BCUT2D eigenvalue weighted by Crippen LogP contribution is -2.39. The molecule has 1 heterocycles. The maximum Gasteiger partial charge on any atom is 0.317 e. The number of hydrogen-bond acceptors (Lipinski definition) is 2. The molecule has 4 nitrogen and oxygen atoms in total. The van der Waals surface area contributed by atoms with E-state index in [4.69, 9.17) is 0 Å². The van der Waals surface area contributed by atoms with E-state index >= 15 is 0 Å². The molecule has 0 spiro atoms. The topological polar surface area (TPSA) is 35.6 Å². The van der Waals surface area contributed by atoms with Crippen molar-refractivity contribution in [2.45, 2.75) is 38.6 Å². The first-order chi connectivity index (χ1) is 11.1. The van der Waals surface area contributed by atoms with Crippen LogP contribution >= 0.6 is 0 Å². The highest BCUT2D eigenvalue weighted by Gasteiger charge is 2.17. The summed E-state index contributed by atoms with van der Waals surface area (Å²) < 4.78 is 13.0. The lowest BCUT2D eigenvalue weighted by Gasteiger charge is -2.25. The van der Waals surface area contributed by atoms with E-state index in [1.165, 1.54) is 38.1 Å². The van der Waals surface area contributed by atoms with Gasteiger partial charge in [0.1, 0.15) is 5.82 Å². The van der Waals surface area contributed by atoms with Crippen molar-refractivity contribution in [1.82, 2.24) is 15.1 Å². The molecule has 1 atom stereocenters. The normalized spacial score (nSPS) is 16.3. The van der Waals surface area contributed by atoms with Crippen molar-refractivity contribution in [2.24, 2.45) is 0 Å². The van der Waals surface area contributed by atoms with E-state index in [1.807, 2.05) is 6.92 Å². The standard InChI is InChI=1S/C18H28FN3O/c1-15(16-7-9-17(19)10-8-16)21(2)18(23)20-11-3-4-12-22-13-5-6-14-22/h7-10,15H,3-6,11-14H2,1-2H3,(H,20,23)/t15-/m0/s1. The number of amides is 2. The number of rotatable bonds is 7. The molecule has 23 heavy (non-hydrogen) atoms. The van der Waals surface area contributed by atoms with Gasteiger partial charge in [0, 0.05) is 13.6 Å². The summed E-state index contributed by atoms with van der Waals surface area (Å²) >= 11 is 0. The molecular weight excluding hydrogens is 293 g/mol. The first kappa shape index (κ1) is 17.7. The number of unbranched alkanes of at least 4 members (excludes halogenated alkanes) is 1. The number of halogens is 1. The molecular formula is C18H28FN3O. The monoisotopic (exact) mass is 321 g/mol. The molecule has 0 aliphatic carbocycles. The number of nitrogens with one attached hydrogen (secondary N) is 1. The molecule has 0 unspecified atom stereocenters. The van der Waals surface area contributed by atoms with Gasteiger partial charge in [0.15, 0.2) is 0 Å². The fourth-order valence-corrected chi connectivity index (χ4v) is 2.93. The first-order valence-corrected chi connectivity index (χ1v) is 8.56. The van der Waals surface area contributed by atoms with Gasteiger partial charge in [-0.2, -0.15) is 0 Å². The lowest BCUT2D eigenvalue weighted by molar-refractivity contribution is 0.194. The Kier molecular flexibility index (Phi) is 6.84. The Bertz CT molecular complexity index is 486. The molecule has 2 amide bonds. The molecule has 1 aromatic carbocycles. The predicted molar refractivity (Wildman–Crippen MR) is 90.9 cm³/mol. The Morgan fingerprint density at radius 1 is 1.26 bits per heavy atom. The number of urea groups is 1. The lowest BCUT2D eigenvalue weighted by atomic mass is 10.1. The molecule has 0 aromatic heterocycles. The van der Waals surface area contributed by atoms with Crippen molar-refractivity contribution >= 4 is 6.03 Å². The van der Waals surface area contributed by atoms with Gasteiger partial charge in [0.05, 0.1) is 6.04 Å². The Labute approximate surface area is 138 Å². The van der Waals surface area contributed by atoms with Gasteiger partial charge in [0.2, 0.25) is 0 Å². The second-order valence-electron chi connectivity index (χ2n) is 6.33. The Balaban J connectivity index is 1.66. The molecule has 2 rings (SSSR count). The maximum absolute atomic E-state index is 13.0. The predicted octanol–water partition coefficient (Wildman–Crippen LogP) is 3.40. The number of hydrogen-bond donors (Lipinski definition) is 1. The van der Waals surface area contributed by atoms with Gasteiger partial charge < -0.3 is 15.1 Å². The average molecular weight is 321 g/mol. The van der Waals surface area contributed by atoms with Gasteiger partial charge >= 0.3 is 6.03 Å². The summed E-state index contributed by atoms with van der Waals surface area (Å²) in [5.74, 6) is -0.258. The van der Waals surface area contributed by atoms with Crippen LogP contribution in [0.1, 0.15) is 44.2 Å². The second kappa shape index (κ2) is 8.87. The molecule has 0 saturated carbocycles. The van der Waals surface area contributed by atoms with Crippen molar-refractivity contribution in [1.29, 1.82) is 0 Å². The third-order valence-electron chi connectivity index (χ3n) is 4.63. The highest BCUT2D eigenvalue weighted by Crippen LogP contribution is 2.18. The van der Waals surface area contributed by atoms with Crippen molar-refractivity contribution in [2.75, 3.05) is 33.2 Å². The van der Waals surface area contributed by atoms with Crippen LogP contribution in [-0.2, 0) is 0 Å². The van der Waals surface area contributed by atoms with E-state index in [0.29, 0.717) is 6.54 Å². The van der Waals surface area contributed by atoms with E-state index in [0.717, 1.165) is 24.9 Å². The highest BCUT2D eigenvalue weighted by atomic mass is 19.1. The minimum atomic E-state index is -0.258. The van der Waals surface area contributed by atoms with Crippen LogP contribution in [0.15, 0.2) is 24.3 Å². The van der Waals surface area contributed by atoms with E-state index in [9.17, 15) is 9.18 Å². The second-order valence-corrected chi connectivity index (χ2v) is 6.33. The Hall–Kier alpha value is -1.62. The number of carbonyl (C=O) groups excluding carboxylic acids is 1. The van der Waals surface area contributed by atoms with Crippen molar-refractivity contribution < 1.29 is 9.18 Å². The van der Waals surface area contributed by atoms with Gasteiger partial charge in [-0.3, -0.25) is 0 Å². The molecule has 1 N–H and O–H groups in total. The molecule has 1 aliphatic heterocycles. The molecule has 5 heteroatoms. The zero-order valence-electron chi connectivity index (χ0n) is 14.2. The van der Waals surface area contributed by atoms with E-state index in [1.54, 1.807) is 24.1 Å². The molecule has 128 valence electrons. The molecule has 1 saturated heterocycles. The minimum absolute atomic E-state index is 0.0806. The van der Waals surface area contributed by atoms with E-state index in [-0.39, 0.29) is 17.9 Å². The Morgan fingerprint density at radius 3 is 2.57 bits per heavy atom. The van der Waals surface area contributed by atoms with Crippen LogP contribution in [0.5, 0.6) is 0 Å². The van der Waals surface area contributed by atoms with Crippen LogP contribution < -0.4 is 5.32 Å². The molecule has 1 aliphatic rings. The number of nitrogens with zero attached hydrogens (tertiary/aromatic N) is 2. The largest absolute Gasteiger partial charge is 0.338 e. The van der Waals surface area contributed by atoms with Gasteiger partial charge in [-0.1, -0.05) is 12.1 Å². The molecule has 0 bridgehead atoms. The van der Waals surface area contributed by atoms with Crippen LogP contribution in [0.2, 0.25) is 0 Å². The minimum Gasteiger partial charge on any atom is -0.338 e. The maximum atomic E-state index is 13.0. The smallest absolute Gasteiger partial charge is 0.317 e. The average Bonchev–Trinajstić information content (AvgIpc) is 3.07. The molecule has 1 fully saturated rings. The molecule has 1 aromatic rings. The van der Waals surface area contributed by atoms with Crippen molar-refractivity contribution in [3.8, 4) is 0 Å². The van der Waals surface area contributed by atoms with Crippen LogP contribution in [0.25, 0.3) is 0 Å². The van der Waals surface area contributed by atoms with Crippen LogP contribution in [-0.4, -0.2) is 49.1 Å². The quantitative estimate of drug-likeness (QED) is 0.781. The van der Waals surface area contributed by atoms with Gasteiger partial charge in [-0.05, 0) is 69.9 Å². The fraction of sp³-hybridized carbons (Fsp3) is 0.611. The van der Waals surface area contributed by atoms with E-state index in [2.05, 4.69) is 10.2 Å². The van der Waals surface area contributed by atoms with Crippen LogP contribution in [0.4, 0.5) is 9.18 Å². The Morgan fingerprint density at radius 2 is 1.91 bits per heavy atom. The van der Waals surface area contributed by atoms with E-state index < -0.39 is 0 Å². The number of carbonyl (C=O) groups is 1. The zero-order valence-corrected chi connectivity index (χ0v) is 14.2. The van der Waals surface area contributed by atoms with Gasteiger partial charge in [-0.15, -0.1) is 0 Å². The molecule has 0 radical (unpaired) electrons. The van der Waals surface area contributed by atoms with Crippen molar-refractivity contribution in [3.05, 3.63) is 35.6 Å². The van der Waals surface area contributed by atoms with Gasteiger partial charge in [-0.25, -0.2) is 9.18 Å². The van der Waals surface area contributed by atoms with Crippen molar-refractivity contribution in [3.63, 3.8) is 0 Å². The summed E-state index contributed by atoms with van der Waals surface area (Å²) in [7, 11) is 1.77. The van der Waals surface area contributed by atoms with Gasteiger partial charge in [0.25, 0.3) is 0 Å². The summed E-state index contributed by atoms with van der Waals surface area (Å²) in [6.45, 7) is 6.24. The first-order valence-electron chi connectivity index (χ1n) is 8.56. The summed E-state index contributed by atoms with van der Waals surface area (Å²) in [4.78, 5) is 16.3. The zero-order chi connectivity index (χ0) is 16.7. The SMILES string of the molecule is C[C@@H](c1ccc(F)cc1)N(C)C(=O)NCCCCN1CCCC1. The highest BCUT2D eigenvalue weighted by molar-refractivity contribution is 5.74. The third-order valence-corrected chi connectivity index (χ3v) is 4.63. The summed E-state index contributed by atoms with van der Waals surface area (Å²) in [6.07, 6.45) is 4.77. The summed E-state index contributed by atoms with van der Waals surface area (Å²) in [5.41, 5.74) is 0.929. The number of likely N-dealkylation sites (tertiary alicyclic amines) is 1. The van der Waals surface area contributed by atoms with Crippen LogP contribution in [0.3, 0.4) is 0 Å². The number of benzene rings is 1.